The van der Waals surface area contributed by atoms with E-state index in [2.05, 4.69) is 82.7 Å². The zero-order valence-electron chi connectivity index (χ0n) is 19.0. The van der Waals surface area contributed by atoms with E-state index in [1.165, 1.54) is 20.2 Å². The first-order chi connectivity index (χ1) is 17.7. The van der Waals surface area contributed by atoms with Crippen molar-refractivity contribution < 1.29 is 0 Å². The van der Waals surface area contributed by atoms with Gasteiger partial charge in [0.2, 0.25) is 0 Å². The number of benzene rings is 5. The van der Waals surface area contributed by atoms with Crippen LogP contribution in [0.1, 0.15) is 0 Å². The molecule has 0 amide bonds. The van der Waals surface area contributed by atoms with E-state index in [1.54, 1.807) is 11.3 Å². The summed E-state index contributed by atoms with van der Waals surface area (Å²) in [6.07, 6.45) is 0. The molecule has 0 radical (unpaired) electrons. The van der Waals surface area contributed by atoms with E-state index in [0.717, 1.165) is 31.9 Å². The average molecular weight is 544 g/mol. The largest absolute Gasteiger partial charge is 0.208 e. The van der Waals surface area contributed by atoms with Crippen LogP contribution in [0.15, 0.2) is 114 Å². The monoisotopic (exact) mass is 543 g/mol. The second kappa shape index (κ2) is 8.63. The molecule has 0 saturated carbocycles. The van der Waals surface area contributed by atoms with Gasteiger partial charge in [0.1, 0.15) is 0 Å². The number of hydrogen-bond acceptors (Lipinski definition) is 4. The molecule has 0 spiro atoms. The lowest BCUT2D eigenvalue weighted by Crippen LogP contribution is -2.00. The third-order valence-corrected chi connectivity index (χ3v) is 8.16. The first kappa shape index (κ1) is 21.4. The van der Waals surface area contributed by atoms with Crippen LogP contribution < -0.4 is 0 Å². The molecule has 0 aliphatic rings. The molecule has 0 bridgehead atoms. The Labute approximate surface area is 220 Å². The topological polar surface area (TPSA) is 38.7 Å². The van der Waals surface area contributed by atoms with E-state index in [1.807, 2.05) is 42.5 Å². The van der Waals surface area contributed by atoms with Crippen molar-refractivity contribution in [1.29, 1.82) is 0 Å². The normalized spacial score (nSPS) is 11.5. The molecule has 0 aliphatic heterocycles. The molecule has 2 aromatic heterocycles. The second-order valence-corrected chi connectivity index (χ2v) is 10.6. The fraction of sp³-hybridized carbons (Fsp3) is 0. The van der Waals surface area contributed by atoms with Crippen LogP contribution in [0.25, 0.3) is 65.1 Å². The lowest BCUT2D eigenvalue weighted by Gasteiger charge is -2.10. The highest BCUT2D eigenvalue weighted by Gasteiger charge is 2.15. The van der Waals surface area contributed by atoms with Crippen LogP contribution in [0.4, 0.5) is 0 Å². The van der Waals surface area contributed by atoms with E-state index in [0.29, 0.717) is 17.5 Å². The molecule has 0 aliphatic carbocycles. The molecule has 0 saturated heterocycles. The van der Waals surface area contributed by atoms with E-state index < -0.39 is 0 Å². The standard InChI is InChI=1S/C31H18BrN3S/c32-26-17-22(16-20-10-4-5-11-23(20)26)31-34-29(19-8-2-1-3-9-19)33-30(35-31)21-14-15-25-24-12-6-7-13-27(24)36-28(25)18-21/h1-18H. The molecule has 0 N–H and O–H groups in total. The highest BCUT2D eigenvalue weighted by Crippen LogP contribution is 2.36. The van der Waals surface area contributed by atoms with Gasteiger partial charge in [-0.2, -0.15) is 0 Å². The van der Waals surface area contributed by atoms with Crippen LogP contribution in [-0.4, -0.2) is 15.0 Å². The molecular formula is C31H18BrN3S. The summed E-state index contributed by atoms with van der Waals surface area (Å²) in [6.45, 7) is 0. The highest BCUT2D eigenvalue weighted by atomic mass is 79.9. The van der Waals surface area contributed by atoms with Gasteiger partial charge < -0.3 is 0 Å². The summed E-state index contributed by atoms with van der Waals surface area (Å²) in [6, 6.07) is 37.7. The van der Waals surface area contributed by atoms with Gasteiger partial charge in [-0.1, -0.05) is 101 Å². The Balaban J connectivity index is 1.45. The zero-order valence-corrected chi connectivity index (χ0v) is 21.4. The molecule has 3 nitrogen and oxygen atoms in total. The van der Waals surface area contributed by atoms with Gasteiger partial charge >= 0.3 is 0 Å². The van der Waals surface area contributed by atoms with Crippen molar-refractivity contribution in [3.63, 3.8) is 0 Å². The first-order valence-corrected chi connectivity index (χ1v) is 13.3. The van der Waals surface area contributed by atoms with Gasteiger partial charge in [-0.25, -0.2) is 15.0 Å². The molecule has 36 heavy (non-hydrogen) atoms. The molecule has 7 rings (SSSR count). The van der Waals surface area contributed by atoms with E-state index in [9.17, 15) is 0 Å². The van der Waals surface area contributed by atoms with Crippen molar-refractivity contribution in [1.82, 2.24) is 15.0 Å². The van der Waals surface area contributed by atoms with Crippen molar-refractivity contribution in [3.8, 4) is 34.2 Å². The molecule has 5 aromatic carbocycles. The lowest BCUT2D eigenvalue weighted by molar-refractivity contribution is 1.07. The summed E-state index contributed by atoms with van der Waals surface area (Å²) in [7, 11) is 0. The Morgan fingerprint density at radius 2 is 1.11 bits per heavy atom. The van der Waals surface area contributed by atoms with Crippen LogP contribution in [0.2, 0.25) is 0 Å². The minimum absolute atomic E-state index is 0.654. The quantitative estimate of drug-likeness (QED) is 0.223. The van der Waals surface area contributed by atoms with Gasteiger partial charge in [0.05, 0.1) is 0 Å². The first-order valence-electron chi connectivity index (χ1n) is 11.6. The smallest absolute Gasteiger partial charge is 0.164 e. The van der Waals surface area contributed by atoms with Crippen molar-refractivity contribution in [2.24, 2.45) is 0 Å². The lowest BCUT2D eigenvalue weighted by atomic mass is 10.1. The maximum Gasteiger partial charge on any atom is 0.164 e. The maximum atomic E-state index is 4.97. The Morgan fingerprint density at radius 3 is 1.94 bits per heavy atom. The van der Waals surface area contributed by atoms with Gasteiger partial charge in [0.15, 0.2) is 17.5 Å². The van der Waals surface area contributed by atoms with Crippen molar-refractivity contribution in [3.05, 3.63) is 114 Å². The predicted octanol–water partition coefficient (Wildman–Crippen LogP) is 9.16. The molecule has 0 atom stereocenters. The predicted molar refractivity (Wildman–Crippen MR) is 154 cm³/mol. The minimum atomic E-state index is 0.654. The van der Waals surface area contributed by atoms with Crippen molar-refractivity contribution in [2.45, 2.75) is 0 Å². The number of rotatable bonds is 3. The number of nitrogens with zero attached hydrogens (tertiary/aromatic N) is 3. The van der Waals surface area contributed by atoms with Gasteiger partial charge in [0, 0.05) is 41.3 Å². The number of hydrogen-bond donors (Lipinski definition) is 0. The van der Waals surface area contributed by atoms with Gasteiger partial charge in [0.25, 0.3) is 0 Å². The molecular weight excluding hydrogens is 526 g/mol. The van der Waals surface area contributed by atoms with Crippen molar-refractivity contribution >= 4 is 58.2 Å². The molecule has 170 valence electrons. The number of fused-ring (bicyclic) bond motifs is 4. The van der Waals surface area contributed by atoms with E-state index in [-0.39, 0.29) is 0 Å². The Bertz CT molecular complexity index is 1910. The molecule has 0 unspecified atom stereocenters. The summed E-state index contributed by atoms with van der Waals surface area (Å²) < 4.78 is 3.53. The van der Waals surface area contributed by atoms with Crippen LogP contribution in [0, 0.1) is 0 Å². The van der Waals surface area contributed by atoms with E-state index >= 15 is 0 Å². The molecule has 0 fully saturated rings. The summed E-state index contributed by atoms with van der Waals surface area (Å²) in [5.41, 5.74) is 2.89. The van der Waals surface area contributed by atoms with Crippen LogP contribution >= 0.6 is 27.3 Å². The zero-order chi connectivity index (χ0) is 24.1. The average Bonchev–Trinajstić information content (AvgIpc) is 3.31. The van der Waals surface area contributed by atoms with Gasteiger partial charge in [-0.05, 0) is 35.0 Å². The number of aromatic nitrogens is 3. The number of thiophene rings is 1. The van der Waals surface area contributed by atoms with Crippen LogP contribution in [0.5, 0.6) is 0 Å². The molecule has 2 heterocycles. The molecule has 7 aromatic rings. The Morgan fingerprint density at radius 1 is 0.472 bits per heavy atom. The third kappa shape index (κ3) is 3.68. The Kier molecular flexibility index (Phi) is 5.12. The minimum Gasteiger partial charge on any atom is -0.208 e. The van der Waals surface area contributed by atoms with Crippen LogP contribution in [-0.2, 0) is 0 Å². The summed E-state index contributed by atoms with van der Waals surface area (Å²) in [4.78, 5) is 14.8. The number of halogens is 1. The third-order valence-electron chi connectivity index (χ3n) is 6.37. The summed E-state index contributed by atoms with van der Waals surface area (Å²) in [5.74, 6) is 1.99. The SMILES string of the molecule is Brc1cc(-c2nc(-c3ccccc3)nc(-c3ccc4c(c3)sc3ccccc34)n2)cc2ccccc12. The maximum absolute atomic E-state index is 4.97. The fourth-order valence-electron chi connectivity index (χ4n) is 4.61. The summed E-state index contributed by atoms with van der Waals surface area (Å²) in [5, 5.41) is 4.84. The van der Waals surface area contributed by atoms with Gasteiger partial charge in [-0.3, -0.25) is 0 Å². The van der Waals surface area contributed by atoms with Crippen molar-refractivity contribution in [2.75, 3.05) is 0 Å². The Hall–Kier alpha value is -3.93. The molecule has 5 heteroatoms. The van der Waals surface area contributed by atoms with Gasteiger partial charge in [-0.15, -0.1) is 11.3 Å². The highest BCUT2D eigenvalue weighted by molar-refractivity contribution is 9.10. The van der Waals surface area contributed by atoms with Crippen LogP contribution in [0.3, 0.4) is 0 Å². The summed E-state index contributed by atoms with van der Waals surface area (Å²) >= 11 is 5.54. The second-order valence-electron chi connectivity index (χ2n) is 8.66. The van der Waals surface area contributed by atoms with E-state index in [4.69, 9.17) is 15.0 Å². The fourth-order valence-corrected chi connectivity index (χ4v) is 6.36.